The van der Waals surface area contributed by atoms with E-state index in [0.717, 1.165) is 32.7 Å². The number of fused-ring (bicyclic) bond motifs is 1. The number of thiazole rings is 1. The first kappa shape index (κ1) is 43.2. The summed E-state index contributed by atoms with van der Waals surface area (Å²) in [6.45, 7) is -0.698. The van der Waals surface area contributed by atoms with Gasteiger partial charge in [-0.25, -0.2) is 14.6 Å². The standard InChI is InChI=1S/C47H38IN5O8S2/c48-26-32-29-63(59)44-39(43(56)53(44)40(32)45(57)58)50-42(55)38(52-60-27-37(54)61-41(30-16-6-1-7-17-30)31-18-8-2-9-19-31)36-28-62-46(49-36)51-47(33-20-10-3-11-21-33,34-22-12-4-13-23-34)35-24-14-5-15-25-35/h1-25,28,39,41,44H,26-27,29H2,(H,49,51)(H,50,55)(H,57,58)/b52-38-/t39?,44-,63?/m1/s1. The van der Waals surface area contributed by atoms with Gasteiger partial charge in [-0.1, -0.05) is 179 Å². The summed E-state index contributed by atoms with van der Waals surface area (Å²) in [5, 5.41) is 21.2. The molecule has 16 heteroatoms. The number of benzene rings is 5. The third-order valence-electron chi connectivity index (χ3n) is 10.5. The number of amides is 2. The number of ether oxygens (including phenoxy) is 1. The molecule has 2 aliphatic heterocycles. The fourth-order valence-electron chi connectivity index (χ4n) is 7.65. The van der Waals surface area contributed by atoms with E-state index in [1.54, 1.807) is 5.38 Å². The zero-order valence-corrected chi connectivity index (χ0v) is 37.0. The van der Waals surface area contributed by atoms with Crippen molar-refractivity contribution in [1.29, 1.82) is 0 Å². The molecule has 5 aromatic carbocycles. The Balaban J connectivity index is 1.12. The third-order valence-corrected chi connectivity index (χ3v) is 13.9. The number of halogens is 1. The lowest BCUT2D eigenvalue weighted by atomic mass is 9.77. The van der Waals surface area contributed by atoms with Gasteiger partial charge < -0.3 is 25.3 Å². The predicted molar refractivity (Wildman–Crippen MR) is 247 cm³/mol. The Hall–Kier alpha value is -6.50. The highest BCUT2D eigenvalue weighted by Crippen LogP contribution is 2.41. The quantitative estimate of drug-likeness (QED) is 0.0178. The number of anilines is 1. The molecule has 6 aromatic rings. The predicted octanol–water partition coefficient (Wildman–Crippen LogP) is 6.79. The molecular weight excluding hydrogens is 954 g/mol. The maximum atomic E-state index is 14.3. The Bertz CT molecular complexity index is 2570. The van der Waals surface area contributed by atoms with Gasteiger partial charge in [-0.15, -0.1) is 11.3 Å². The number of carboxylic acid groups (broad SMARTS) is 1. The fraction of sp³-hybridized carbons (Fsp3) is 0.149. The van der Waals surface area contributed by atoms with Crippen LogP contribution >= 0.6 is 33.9 Å². The molecule has 13 nitrogen and oxygen atoms in total. The number of alkyl halides is 1. The van der Waals surface area contributed by atoms with E-state index in [9.17, 15) is 28.5 Å². The Kier molecular flexibility index (Phi) is 13.2. The van der Waals surface area contributed by atoms with Crippen LogP contribution in [0.3, 0.4) is 0 Å². The molecule has 318 valence electrons. The van der Waals surface area contributed by atoms with Crippen molar-refractivity contribution < 1.29 is 38.1 Å². The maximum Gasteiger partial charge on any atom is 0.352 e. The monoisotopic (exact) mass is 991 g/mol. The number of oxime groups is 1. The summed E-state index contributed by atoms with van der Waals surface area (Å²) in [6, 6.07) is 46.6. The van der Waals surface area contributed by atoms with E-state index < -0.39 is 69.9 Å². The minimum absolute atomic E-state index is 0.0367. The molecule has 0 saturated carbocycles. The Morgan fingerprint density at radius 1 is 0.841 bits per heavy atom. The van der Waals surface area contributed by atoms with Gasteiger partial charge in [0, 0.05) is 9.81 Å². The number of carboxylic acids is 1. The molecule has 0 radical (unpaired) electrons. The Labute approximate surface area is 382 Å². The lowest BCUT2D eigenvalue weighted by Crippen LogP contribution is -2.74. The van der Waals surface area contributed by atoms with Crippen molar-refractivity contribution in [3.8, 4) is 0 Å². The van der Waals surface area contributed by atoms with E-state index in [2.05, 4.69) is 15.8 Å². The second kappa shape index (κ2) is 19.3. The number of carbonyl (C=O) groups excluding carboxylic acids is 3. The fourth-order valence-corrected chi connectivity index (χ4v) is 11.1. The number of aliphatic carboxylic acids is 1. The van der Waals surface area contributed by atoms with E-state index >= 15 is 0 Å². The first-order valence-corrected chi connectivity index (χ1v) is 23.4. The van der Waals surface area contributed by atoms with Crippen LogP contribution in [-0.4, -0.2) is 76.9 Å². The van der Waals surface area contributed by atoms with Crippen LogP contribution in [-0.2, 0) is 45.1 Å². The smallest absolute Gasteiger partial charge is 0.352 e. The van der Waals surface area contributed by atoms with Crippen molar-refractivity contribution >= 4 is 79.3 Å². The summed E-state index contributed by atoms with van der Waals surface area (Å²) in [6.07, 6.45) is -0.761. The number of hydrogen-bond donors (Lipinski definition) is 3. The number of carbonyl (C=O) groups is 4. The molecule has 1 aromatic heterocycles. The van der Waals surface area contributed by atoms with Crippen LogP contribution in [0.4, 0.5) is 5.13 Å². The van der Waals surface area contributed by atoms with E-state index in [0.29, 0.717) is 10.7 Å². The van der Waals surface area contributed by atoms with Gasteiger partial charge in [0.1, 0.15) is 28.3 Å². The summed E-state index contributed by atoms with van der Waals surface area (Å²) in [5.74, 6) is -3.85. The number of nitrogens with zero attached hydrogens (tertiary/aromatic N) is 3. The van der Waals surface area contributed by atoms with Crippen LogP contribution in [0.15, 0.2) is 173 Å². The Morgan fingerprint density at radius 2 is 1.35 bits per heavy atom. The van der Waals surface area contributed by atoms with Crippen molar-refractivity contribution in [2.24, 2.45) is 5.16 Å². The zero-order valence-electron chi connectivity index (χ0n) is 33.2. The summed E-state index contributed by atoms with van der Waals surface area (Å²) >= 11 is 3.15. The molecule has 2 amide bonds. The van der Waals surface area contributed by atoms with Crippen molar-refractivity contribution in [1.82, 2.24) is 15.2 Å². The van der Waals surface area contributed by atoms with Gasteiger partial charge in [-0.05, 0) is 33.4 Å². The molecule has 2 unspecified atom stereocenters. The number of β-lactam (4-membered cyclic amide) rings is 1. The van der Waals surface area contributed by atoms with Gasteiger partial charge in [-0.3, -0.25) is 18.7 Å². The average Bonchev–Trinajstić information content (AvgIpc) is 3.79. The van der Waals surface area contributed by atoms with E-state index in [1.165, 1.54) is 11.3 Å². The lowest BCUT2D eigenvalue weighted by molar-refractivity contribution is -0.153. The number of aromatic nitrogens is 1. The second-order valence-corrected chi connectivity index (χ2v) is 17.5. The van der Waals surface area contributed by atoms with Crippen LogP contribution < -0.4 is 10.6 Å². The SMILES string of the molecule is O=C(CO/N=C(\C(=O)NC1C(=O)N2C(C(=O)O)=C(CI)CS(=O)[C@H]12)c1csc(NC(c2ccccc2)(c2ccccc2)c2ccccc2)n1)OC(c1ccccc1)c1ccccc1. The van der Waals surface area contributed by atoms with Crippen molar-refractivity contribution in [2.45, 2.75) is 23.1 Å². The van der Waals surface area contributed by atoms with Gasteiger partial charge in [0.2, 0.25) is 6.61 Å². The van der Waals surface area contributed by atoms with Crippen LogP contribution in [0, 0.1) is 0 Å². The third kappa shape index (κ3) is 8.91. The van der Waals surface area contributed by atoms with Crippen molar-refractivity contribution in [3.63, 3.8) is 0 Å². The molecule has 0 aliphatic carbocycles. The number of rotatable bonds is 16. The number of hydrogen-bond acceptors (Lipinski definition) is 11. The highest BCUT2D eigenvalue weighted by molar-refractivity contribution is 14.1. The van der Waals surface area contributed by atoms with E-state index in [1.807, 2.05) is 174 Å². The van der Waals surface area contributed by atoms with Gasteiger partial charge in [0.15, 0.2) is 16.9 Å². The molecule has 0 bridgehead atoms. The van der Waals surface area contributed by atoms with E-state index in [-0.39, 0.29) is 21.6 Å². The van der Waals surface area contributed by atoms with Gasteiger partial charge >= 0.3 is 11.9 Å². The summed E-state index contributed by atoms with van der Waals surface area (Å²) in [7, 11) is -1.72. The molecule has 0 spiro atoms. The largest absolute Gasteiger partial charge is 0.477 e. The number of nitrogens with one attached hydrogen (secondary N) is 2. The summed E-state index contributed by atoms with van der Waals surface area (Å²) in [5.41, 5.74) is 2.98. The molecule has 8 rings (SSSR count). The molecule has 3 heterocycles. The van der Waals surface area contributed by atoms with Crippen molar-refractivity contribution in [2.75, 3.05) is 22.1 Å². The normalized spacial score (nSPS) is 17.4. The second-order valence-electron chi connectivity index (χ2n) is 14.4. The highest BCUT2D eigenvalue weighted by atomic mass is 127. The van der Waals surface area contributed by atoms with Crippen molar-refractivity contribution in [3.05, 3.63) is 202 Å². The van der Waals surface area contributed by atoms with Gasteiger partial charge in [0.25, 0.3) is 11.8 Å². The molecule has 1 fully saturated rings. The molecule has 63 heavy (non-hydrogen) atoms. The minimum Gasteiger partial charge on any atom is -0.477 e. The van der Waals surface area contributed by atoms with Crippen LogP contribution in [0.25, 0.3) is 0 Å². The van der Waals surface area contributed by atoms with Gasteiger partial charge in [0.05, 0.1) is 16.6 Å². The molecule has 2 aliphatic rings. The summed E-state index contributed by atoms with van der Waals surface area (Å²) in [4.78, 5) is 64.8. The minimum atomic E-state index is -1.72. The average molecular weight is 992 g/mol. The molecule has 3 atom stereocenters. The van der Waals surface area contributed by atoms with Gasteiger partial charge in [-0.2, -0.15) is 0 Å². The highest BCUT2D eigenvalue weighted by Gasteiger charge is 2.57. The molecule has 3 N–H and O–H groups in total. The first-order valence-electron chi connectivity index (χ1n) is 19.6. The Morgan fingerprint density at radius 3 is 1.84 bits per heavy atom. The van der Waals surface area contributed by atoms with Crippen LogP contribution in [0.5, 0.6) is 0 Å². The topological polar surface area (TPSA) is 177 Å². The number of esters is 1. The zero-order chi connectivity index (χ0) is 43.9. The summed E-state index contributed by atoms with van der Waals surface area (Å²) < 4.78 is 19.5. The molecule has 1 saturated heterocycles. The lowest BCUT2D eigenvalue weighted by Gasteiger charge is -2.48. The van der Waals surface area contributed by atoms with Crippen LogP contribution in [0.2, 0.25) is 0 Å². The molecular formula is C47H38IN5O8S2. The maximum absolute atomic E-state index is 14.3. The van der Waals surface area contributed by atoms with Crippen LogP contribution in [0.1, 0.15) is 39.6 Å². The first-order chi connectivity index (χ1) is 30.7. The van der Waals surface area contributed by atoms with E-state index in [4.69, 9.17) is 14.6 Å².